The Kier molecular flexibility index (Phi) is 25.0. The van der Waals surface area contributed by atoms with Crippen LogP contribution in [-0.2, 0) is 40.4 Å². The minimum absolute atomic E-state index is 0.0156. The quantitative estimate of drug-likeness (QED) is 0.0299. The van der Waals surface area contributed by atoms with Crippen molar-refractivity contribution in [2.45, 2.75) is 57.9 Å². The molecular formula is C84H78F7N29O6. The maximum Gasteiger partial charge on any atom is 0.413 e. The Morgan fingerprint density at radius 3 is 1.14 bits per heavy atom. The molecule has 1 saturated carbocycles. The summed E-state index contributed by atoms with van der Waals surface area (Å²) < 4.78 is 120. The summed E-state index contributed by atoms with van der Waals surface area (Å²) in [5.74, 6) is -2.70. The maximum atomic E-state index is 14.7. The molecule has 1 fully saturated rings. The van der Waals surface area contributed by atoms with Crippen molar-refractivity contribution in [3.8, 4) is 46.1 Å². The van der Waals surface area contributed by atoms with E-state index in [0.29, 0.717) is 78.9 Å². The third-order valence-electron chi connectivity index (χ3n) is 20.1. The highest BCUT2D eigenvalue weighted by Gasteiger charge is 2.30. The number of carbonyl (C=O) groups is 3. The first kappa shape index (κ1) is 85.8. The number of ether oxygens (including phenoxy) is 3. The number of benzene rings is 7. The number of pyridine rings is 1. The van der Waals surface area contributed by atoms with E-state index in [4.69, 9.17) is 45.9 Å². The van der Waals surface area contributed by atoms with Crippen LogP contribution in [0.2, 0.25) is 0 Å². The number of amides is 3. The summed E-state index contributed by atoms with van der Waals surface area (Å²) >= 11 is 0. The Balaban J connectivity index is 0.000000136. The van der Waals surface area contributed by atoms with Gasteiger partial charge in [0.2, 0.25) is 0 Å². The number of rotatable bonds is 17. The second-order valence-corrected chi connectivity index (χ2v) is 28.3. The monoisotopic (exact) mass is 1720 g/mol. The number of nitrogen functional groups attached to an aromatic ring is 8. The van der Waals surface area contributed by atoms with Gasteiger partial charge in [0.25, 0.3) is 0 Å². The van der Waals surface area contributed by atoms with Crippen molar-refractivity contribution in [3.63, 3.8) is 0 Å². The minimum atomic E-state index is -0.795. The van der Waals surface area contributed by atoms with E-state index >= 15 is 0 Å². The molecule has 9 heterocycles. The molecule has 0 spiro atoms. The summed E-state index contributed by atoms with van der Waals surface area (Å²) in [7, 11) is 6.48. The summed E-state index contributed by atoms with van der Waals surface area (Å²) in [5, 5.41) is 25.7. The number of hydrogen-bond donors (Lipinski definition) is 10. The summed E-state index contributed by atoms with van der Waals surface area (Å²) in [6.07, 6.45) is 5.64. The van der Waals surface area contributed by atoms with Gasteiger partial charge in [0.05, 0.1) is 58.5 Å². The molecule has 9 aromatic heterocycles. The van der Waals surface area contributed by atoms with Gasteiger partial charge >= 0.3 is 18.3 Å². The number of hydrogen-bond acceptors (Lipinski definition) is 28. The molecule has 0 unspecified atom stereocenters. The second kappa shape index (κ2) is 36.8. The fraction of sp³-hybridized carbons (Fsp3) is 0.167. The molecule has 0 saturated heterocycles. The molecule has 0 atom stereocenters. The lowest BCUT2D eigenvalue weighted by Crippen LogP contribution is -2.28. The molecule has 0 bridgehead atoms. The average Bonchev–Trinajstić information content (AvgIpc) is 1.62. The lowest BCUT2D eigenvalue weighted by atomic mass is 10.2. The van der Waals surface area contributed by atoms with Crippen molar-refractivity contribution in [2.24, 2.45) is 0 Å². The third-order valence-corrected chi connectivity index (χ3v) is 20.1. The molecular weight excluding hydrogens is 1640 g/mol. The number of aromatic nitrogens is 17. The Morgan fingerprint density at radius 1 is 0.405 bits per heavy atom. The van der Waals surface area contributed by atoms with Gasteiger partial charge in [0.1, 0.15) is 97.3 Å². The number of methoxy groups -OCH3 is 3. The van der Waals surface area contributed by atoms with E-state index in [-0.39, 0.29) is 135 Å². The highest BCUT2D eigenvalue weighted by molar-refractivity contribution is 6.00. The lowest BCUT2D eigenvalue weighted by molar-refractivity contribution is 0.179. The molecule has 17 rings (SSSR count). The van der Waals surface area contributed by atoms with Gasteiger partial charge in [-0.05, 0) is 91.2 Å². The van der Waals surface area contributed by atoms with Crippen LogP contribution < -0.4 is 66.3 Å². The van der Waals surface area contributed by atoms with Gasteiger partial charge < -0.3 is 65.4 Å². The third kappa shape index (κ3) is 18.1. The highest BCUT2D eigenvalue weighted by atomic mass is 19.2. The van der Waals surface area contributed by atoms with Crippen LogP contribution in [0.15, 0.2) is 170 Å². The fourth-order valence-electron chi connectivity index (χ4n) is 14.1. The molecule has 35 nitrogen and oxygen atoms in total. The van der Waals surface area contributed by atoms with Crippen molar-refractivity contribution < 1.29 is 59.3 Å². The first-order valence-corrected chi connectivity index (χ1v) is 38.3. The molecule has 1 aliphatic rings. The van der Waals surface area contributed by atoms with Gasteiger partial charge in [-0.3, -0.25) is 38.8 Å². The van der Waals surface area contributed by atoms with Gasteiger partial charge in [-0.15, -0.1) is 0 Å². The fourth-order valence-corrected chi connectivity index (χ4v) is 14.1. The standard InChI is InChI=1S/C23H23F2N7.C21H19F2N7O2.C20H17F2N7O2.C20H19FN8O2/c24-14-9-10-16-18(11-14)32(12-13-5-1-4-8-17(13)25)31-19(16)23-29-21(26)20(22(27)30-23)28-15-6-2-3-7-15;1-29(21(31)32-2)17-18(24)26-20(27-19(17)25)15-12-7-5-9-14(23)16(12)30(28-15)10-11-6-3-4-8-13(11)22;1-31-20(30)25-15-17(23)26-19(27-18(15)24)14-11-6-4-8-13(22)16(11)29(28-14)9-10-5-2-3-7-12(10)21;1-28(20(30)31-2)16-17(22)25-19(26-18(16)23)15-13-6-5-12(21)8-14(13)29(27-15)10-11-4-3-7-24-9-11/h1,4-5,8-11,15,28H,2-3,6-7,12H2,(H4,26,27,29,30);3-9H,10H2,1-2H3,(H4,24,25,26,27);2-8H,9H2,1H3,(H,25,30)(H4,23,24,26,27);3-9H,10H2,1-2H3,(H4,22,23,25,26). The predicted octanol–water partition coefficient (Wildman–Crippen LogP) is 13.1. The van der Waals surface area contributed by atoms with Crippen LogP contribution in [0.5, 0.6) is 0 Å². The van der Waals surface area contributed by atoms with E-state index in [1.54, 1.807) is 95.9 Å². The van der Waals surface area contributed by atoms with Crippen LogP contribution >= 0.6 is 0 Å². The molecule has 18 N–H and O–H groups in total. The zero-order chi connectivity index (χ0) is 89.5. The summed E-state index contributed by atoms with van der Waals surface area (Å²) in [5.41, 5.74) is 53.8. The number of nitrogens with two attached hydrogens (primary N) is 8. The summed E-state index contributed by atoms with van der Waals surface area (Å²) in [6.45, 7) is 0.454. The Bertz CT molecular complexity index is 6740. The number of fused-ring (bicyclic) bond motifs is 4. The number of halogens is 7. The first-order chi connectivity index (χ1) is 60.6. The van der Waals surface area contributed by atoms with Crippen LogP contribution in [0, 0.1) is 40.7 Å². The van der Waals surface area contributed by atoms with Gasteiger partial charge in [-0.2, -0.15) is 20.4 Å². The van der Waals surface area contributed by atoms with E-state index in [1.165, 1.54) is 129 Å². The van der Waals surface area contributed by atoms with Crippen molar-refractivity contribution in [2.75, 3.05) is 102 Å². The topological polar surface area (TPSA) is 505 Å². The molecule has 16 aromatic rings. The number of carbonyl (C=O) groups excluding carboxylic acids is 3. The van der Waals surface area contributed by atoms with Crippen molar-refractivity contribution in [1.82, 2.24) is 84.0 Å². The smallest absolute Gasteiger partial charge is 0.413 e. The van der Waals surface area contributed by atoms with E-state index < -0.39 is 53.2 Å². The predicted molar refractivity (Wildman–Crippen MR) is 462 cm³/mol. The largest absolute Gasteiger partial charge is 0.453 e. The summed E-state index contributed by atoms with van der Waals surface area (Å²) in [6, 6.07) is 40.2. The van der Waals surface area contributed by atoms with Crippen molar-refractivity contribution in [1.29, 1.82) is 0 Å². The Morgan fingerprint density at radius 2 is 0.762 bits per heavy atom. The average molecular weight is 1720 g/mol. The SMILES string of the molecule is COC(=O)N(C)c1c(N)nc(-c2nn(Cc3ccccc3F)c3c(F)cccc23)nc1N.COC(=O)N(C)c1c(N)nc(-c2nn(Cc3cccnc3)c3cc(F)ccc23)nc1N.COC(=O)Nc1c(N)nc(-c2nn(Cc3ccccc3F)c3c(F)cccc23)nc1N.Nc1nc(-c2nn(Cc3ccccc3F)c3cc(F)ccc23)nc(N)c1NC1CCCC1. The van der Waals surface area contributed by atoms with E-state index in [0.717, 1.165) is 28.2 Å². The molecule has 0 aliphatic heterocycles. The number of nitrogens with one attached hydrogen (secondary N) is 2. The van der Waals surface area contributed by atoms with Gasteiger partial charge in [0.15, 0.2) is 69.8 Å². The van der Waals surface area contributed by atoms with Crippen LogP contribution in [0.4, 0.5) is 114 Å². The number of para-hydroxylation sites is 2. The van der Waals surface area contributed by atoms with E-state index in [2.05, 4.69) is 90.1 Å². The van der Waals surface area contributed by atoms with Crippen LogP contribution in [0.25, 0.3) is 89.7 Å². The van der Waals surface area contributed by atoms with Crippen molar-refractivity contribution >= 4 is 131 Å². The number of nitrogens with zero attached hydrogens (tertiary/aromatic N) is 19. The molecule has 644 valence electrons. The van der Waals surface area contributed by atoms with E-state index in [9.17, 15) is 45.1 Å². The Hall–Kier alpha value is -16.6. The van der Waals surface area contributed by atoms with E-state index in [1.807, 2.05) is 12.1 Å². The molecule has 7 aromatic carbocycles. The molecule has 126 heavy (non-hydrogen) atoms. The van der Waals surface area contributed by atoms with Crippen molar-refractivity contribution in [3.05, 3.63) is 233 Å². The summed E-state index contributed by atoms with van der Waals surface area (Å²) in [4.78, 5) is 75.6. The molecule has 0 radical (unpaired) electrons. The van der Waals surface area contributed by atoms with Gasteiger partial charge in [-0.1, -0.05) is 97.8 Å². The van der Waals surface area contributed by atoms with Gasteiger partial charge in [-0.25, -0.2) is 85.0 Å². The molecule has 42 heteroatoms. The lowest BCUT2D eigenvalue weighted by Gasteiger charge is -2.18. The first-order valence-electron chi connectivity index (χ1n) is 38.3. The Labute approximate surface area is 710 Å². The molecule has 3 amide bonds. The second-order valence-electron chi connectivity index (χ2n) is 28.3. The van der Waals surface area contributed by atoms with Crippen LogP contribution in [0.1, 0.15) is 47.9 Å². The highest BCUT2D eigenvalue weighted by Crippen LogP contribution is 2.39. The zero-order valence-electron chi connectivity index (χ0n) is 67.6. The normalized spacial score (nSPS) is 11.8. The number of anilines is 12. The van der Waals surface area contributed by atoms with Gasteiger partial charge in [0, 0.05) is 70.8 Å². The molecule has 1 aliphatic carbocycles. The zero-order valence-corrected chi connectivity index (χ0v) is 67.6. The maximum absolute atomic E-state index is 14.7. The van der Waals surface area contributed by atoms with Crippen LogP contribution in [0.3, 0.4) is 0 Å². The minimum Gasteiger partial charge on any atom is -0.453 e. The van der Waals surface area contributed by atoms with Crippen LogP contribution in [-0.4, -0.2) is 144 Å².